The first-order chi connectivity index (χ1) is 8.74. The van der Waals surface area contributed by atoms with Crippen molar-refractivity contribution in [2.75, 3.05) is 25.6 Å². The molecular weight excluding hydrogens is 232 g/mol. The molecule has 1 unspecified atom stereocenters. The van der Waals surface area contributed by atoms with Gasteiger partial charge in [0.05, 0.1) is 12.6 Å². The molecule has 2 heterocycles. The molecule has 2 aromatic rings. The van der Waals surface area contributed by atoms with Gasteiger partial charge in [-0.05, 0) is 19.9 Å². The minimum Gasteiger partial charge on any atom is -0.383 e. The molecule has 0 amide bonds. The van der Waals surface area contributed by atoms with Crippen LogP contribution in [0.1, 0.15) is 12.1 Å². The highest BCUT2D eigenvalue weighted by Gasteiger charge is 2.11. The lowest BCUT2D eigenvalue weighted by Gasteiger charge is -2.18. The maximum absolute atomic E-state index is 5.59. The number of fused-ring (bicyclic) bond motifs is 1. The lowest BCUT2D eigenvalue weighted by molar-refractivity contribution is 0.183. The normalized spacial score (nSPS) is 12.8. The molecule has 0 aliphatic rings. The molecule has 0 aromatic carbocycles. The van der Waals surface area contributed by atoms with E-state index in [1.54, 1.807) is 11.6 Å². The van der Waals surface area contributed by atoms with Crippen LogP contribution in [0.3, 0.4) is 0 Å². The van der Waals surface area contributed by atoms with Crippen LogP contribution < -0.4 is 11.1 Å². The molecule has 0 saturated heterocycles. The summed E-state index contributed by atoms with van der Waals surface area (Å²) < 4.78 is 6.85. The Balaban J connectivity index is 2.26. The number of nitrogens with two attached hydrogens (primary N) is 1. The van der Waals surface area contributed by atoms with Crippen molar-refractivity contribution in [1.82, 2.24) is 19.6 Å². The summed E-state index contributed by atoms with van der Waals surface area (Å²) in [5.74, 6) is 1.44. The van der Waals surface area contributed by atoms with Gasteiger partial charge in [-0.3, -0.25) is 0 Å². The standard InChI is InChI=1S/C11H18N6O/c1-8-5-10(16-9(3-4-12)6-18-2)17-11(15-8)13-7-14-17/h5,7,9,16H,3-4,6,12H2,1-2H3. The zero-order chi connectivity index (χ0) is 13.0. The molecule has 0 aliphatic heterocycles. The number of ether oxygens (including phenoxy) is 1. The quantitative estimate of drug-likeness (QED) is 0.761. The van der Waals surface area contributed by atoms with Crippen molar-refractivity contribution in [3.8, 4) is 0 Å². The lowest BCUT2D eigenvalue weighted by atomic mass is 10.2. The number of nitrogens with zero attached hydrogens (tertiary/aromatic N) is 4. The van der Waals surface area contributed by atoms with Gasteiger partial charge in [-0.15, -0.1) is 0 Å². The molecule has 2 rings (SSSR count). The maximum atomic E-state index is 5.59. The molecule has 2 aromatic heterocycles. The molecule has 98 valence electrons. The number of rotatable bonds is 6. The van der Waals surface area contributed by atoms with Crippen LogP contribution >= 0.6 is 0 Å². The molecular formula is C11H18N6O. The summed E-state index contributed by atoms with van der Waals surface area (Å²) >= 11 is 0. The monoisotopic (exact) mass is 250 g/mol. The van der Waals surface area contributed by atoms with Crippen LogP contribution in [0, 0.1) is 6.92 Å². The smallest absolute Gasteiger partial charge is 0.254 e. The number of hydrogen-bond donors (Lipinski definition) is 2. The van der Waals surface area contributed by atoms with Crippen LogP contribution in [-0.4, -0.2) is 45.9 Å². The van der Waals surface area contributed by atoms with E-state index in [4.69, 9.17) is 10.5 Å². The van der Waals surface area contributed by atoms with E-state index >= 15 is 0 Å². The minimum atomic E-state index is 0.147. The zero-order valence-electron chi connectivity index (χ0n) is 10.6. The summed E-state index contributed by atoms with van der Waals surface area (Å²) in [5, 5.41) is 7.51. The molecule has 7 nitrogen and oxygen atoms in total. The minimum absolute atomic E-state index is 0.147. The Morgan fingerprint density at radius 2 is 2.39 bits per heavy atom. The number of hydrogen-bond acceptors (Lipinski definition) is 6. The Bertz CT molecular complexity index is 505. The average Bonchev–Trinajstić information content (AvgIpc) is 2.77. The van der Waals surface area contributed by atoms with E-state index in [0.29, 0.717) is 18.9 Å². The molecule has 0 bridgehead atoms. The maximum Gasteiger partial charge on any atom is 0.254 e. The molecule has 7 heteroatoms. The molecule has 18 heavy (non-hydrogen) atoms. The summed E-state index contributed by atoms with van der Waals surface area (Å²) in [6.07, 6.45) is 2.31. The highest BCUT2D eigenvalue weighted by atomic mass is 16.5. The van der Waals surface area contributed by atoms with Gasteiger partial charge in [0.25, 0.3) is 5.78 Å². The highest BCUT2D eigenvalue weighted by molar-refractivity contribution is 5.45. The van der Waals surface area contributed by atoms with E-state index in [9.17, 15) is 0 Å². The molecule has 3 N–H and O–H groups in total. The van der Waals surface area contributed by atoms with Crippen molar-refractivity contribution in [2.45, 2.75) is 19.4 Å². The molecule has 0 aliphatic carbocycles. The third kappa shape index (κ3) is 2.74. The highest BCUT2D eigenvalue weighted by Crippen LogP contribution is 2.12. The van der Waals surface area contributed by atoms with Crippen molar-refractivity contribution >= 4 is 11.6 Å². The fraction of sp³-hybridized carbons (Fsp3) is 0.545. The van der Waals surface area contributed by atoms with Crippen LogP contribution in [0.5, 0.6) is 0 Å². The lowest BCUT2D eigenvalue weighted by Crippen LogP contribution is -2.29. The number of nitrogens with one attached hydrogen (secondary N) is 1. The molecule has 0 saturated carbocycles. The van der Waals surface area contributed by atoms with Crippen LogP contribution in [0.25, 0.3) is 5.78 Å². The van der Waals surface area contributed by atoms with Crippen LogP contribution in [0.2, 0.25) is 0 Å². The van der Waals surface area contributed by atoms with Crippen LogP contribution in [0.15, 0.2) is 12.4 Å². The summed E-state index contributed by atoms with van der Waals surface area (Å²) in [4.78, 5) is 8.37. The van der Waals surface area contributed by atoms with Gasteiger partial charge in [-0.2, -0.15) is 14.6 Å². The van der Waals surface area contributed by atoms with Gasteiger partial charge in [-0.25, -0.2) is 4.98 Å². The SMILES string of the molecule is COCC(CCN)Nc1cc(C)nc2ncnn12. The summed E-state index contributed by atoms with van der Waals surface area (Å²) in [7, 11) is 1.67. The third-order valence-electron chi connectivity index (χ3n) is 2.61. The summed E-state index contributed by atoms with van der Waals surface area (Å²) in [5.41, 5.74) is 6.48. The molecule has 1 atom stereocenters. The fourth-order valence-corrected chi connectivity index (χ4v) is 1.84. The Labute approximate surface area is 105 Å². The Morgan fingerprint density at radius 1 is 1.56 bits per heavy atom. The Morgan fingerprint density at radius 3 is 3.11 bits per heavy atom. The van der Waals surface area contributed by atoms with Gasteiger partial charge in [0.1, 0.15) is 12.1 Å². The predicted molar refractivity (Wildman–Crippen MR) is 68.5 cm³/mol. The largest absolute Gasteiger partial charge is 0.383 e. The third-order valence-corrected chi connectivity index (χ3v) is 2.61. The molecule has 0 spiro atoms. The fourth-order valence-electron chi connectivity index (χ4n) is 1.84. The Hall–Kier alpha value is -1.73. The number of methoxy groups -OCH3 is 1. The van der Waals surface area contributed by atoms with Gasteiger partial charge < -0.3 is 15.8 Å². The van der Waals surface area contributed by atoms with Crippen LogP contribution in [-0.2, 0) is 4.74 Å². The summed E-state index contributed by atoms with van der Waals surface area (Å²) in [6, 6.07) is 2.08. The van der Waals surface area contributed by atoms with Gasteiger partial charge in [0, 0.05) is 18.9 Å². The zero-order valence-corrected chi connectivity index (χ0v) is 10.6. The van der Waals surface area contributed by atoms with E-state index in [-0.39, 0.29) is 6.04 Å². The van der Waals surface area contributed by atoms with E-state index in [2.05, 4.69) is 20.4 Å². The van der Waals surface area contributed by atoms with E-state index in [0.717, 1.165) is 17.9 Å². The van der Waals surface area contributed by atoms with Crippen LogP contribution in [0.4, 0.5) is 5.82 Å². The van der Waals surface area contributed by atoms with Crippen molar-refractivity contribution in [2.24, 2.45) is 5.73 Å². The van der Waals surface area contributed by atoms with Crippen molar-refractivity contribution in [1.29, 1.82) is 0 Å². The number of aryl methyl sites for hydroxylation is 1. The van der Waals surface area contributed by atoms with Crippen molar-refractivity contribution in [3.63, 3.8) is 0 Å². The topological polar surface area (TPSA) is 90.4 Å². The second-order valence-electron chi connectivity index (χ2n) is 4.13. The van der Waals surface area contributed by atoms with Gasteiger partial charge in [-0.1, -0.05) is 0 Å². The van der Waals surface area contributed by atoms with Gasteiger partial charge >= 0.3 is 0 Å². The predicted octanol–water partition coefficient (Wildman–Crippen LogP) is 0.208. The van der Waals surface area contributed by atoms with Gasteiger partial charge in [0.2, 0.25) is 0 Å². The van der Waals surface area contributed by atoms with E-state index in [1.165, 1.54) is 6.33 Å². The van der Waals surface area contributed by atoms with E-state index in [1.807, 2.05) is 13.0 Å². The molecule has 0 radical (unpaired) electrons. The van der Waals surface area contributed by atoms with Crippen molar-refractivity contribution in [3.05, 3.63) is 18.1 Å². The first-order valence-corrected chi connectivity index (χ1v) is 5.87. The number of anilines is 1. The van der Waals surface area contributed by atoms with Crippen molar-refractivity contribution < 1.29 is 4.74 Å². The Kier molecular flexibility index (Phi) is 4.06. The first kappa shape index (κ1) is 12.7. The van der Waals surface area contributed by atoms with E-state index < -0.39 is 0 Å². The second-order valence-corrected chi connectivity index (χ2v) is 4.13. The second kappa shape index (κ2) is 5.74. The van der Waals surface area contributed by atoms with Gasteiger partial charge in [0.15, 0.2) is 0 Å². The molecule has 0 fully saturated rings. The average molecular weight is 250 g/mol. The number of aromatic nitrogens is 4. The first-order valence-electron chi connectivity index (χ1n) is 5.87. The summed E-state index contributed by atoms with van der Waals surface area (Å²) in [6.45, 7) is 3.12.